The summed E-state index contributed by atoms with van der Waals surface area (Å²) in [5.74, 6) is -1.01. The van der Waals surface area contributed by atoms with Crippen molar-refractivity contribution in [1.29, 1.82) is 5.26 Å². The van der Waals surface area contributed by atoms with Gasteiger partial charge in [-0.15, -0.1) is 11.8 Å². The number of nitrogens with one attached hydrogen (secondary N) is 1. The monoisotopic (exact) mass is 352 g/mol. The predicted octanol–water partition coefficient (Wildman–Crippen LogP) is 3.48. The van der Waals surface area contributed by atoms with Gasteiger partial charge in [-0.2, -0.15) is 5.26 Å². The van der Waals surface area contributed by atoms with Gasteiger partial charge >= 0.3 is 5.97 Å². The van der Waals surface area contributed by atoms with Gasteiger partial charge in [-0.3, -0.25) is 4.79 Å². The Morgan fingerprint density at radius 3 is 2.60 bits per heavy atom. The summed E-state index contributed by atoms with van der Waals surface area (Å²) >= 11 is 1.52. The molecule has 1 amide bonds. The number of para-hydroxylation sites is 1. The third kappa shape index (κ3) is 5.83. The normalized spacial score (nSPS) is 10.2. The molecule has 2 rings (SSSR count). The van der Waals surface area contributed by atoms with Crippen LogP contribution in [0.15, 0.2) is 59.5 Å². The number of nitrogens with zero attached hydrogens (tertiary/aromatic N) is 1. The molecule has 0 aliphatic heterocycles. The maximum absolute atomic E-state index is 11.9. The lowest BCUT2D eigenvalue weighted by atomic mass is 10.1. The van der Waals surface area contributed by atoms with Crippen molar-refractivity contribution in [3.63, 3.8) is 0 Å². The molecular weight excluding hydrogens is 336 g/mol. The van der Waals surface area contributed by atoms with Gasteiger partial charge in [0.15, 0.2) is 6.61 Å². The van der Waals surface area contributed by atoms with E-state index < -0.39 is 11.9 Å². The molecule has 5 nitrogen and oxygen atoms in total. The molecule has 0 aliphatic carbocycles. The Morgan fingerprint density at radius 2 is 1.92 bits per heavy atom. The van der Waals surface area contributed by atoms with E-state index in [-0.39, 0.29) is 6.61 Å². The number of rotatable bonds is 6. The first-order chi connectivity index (χ1) is 12.1. The Kier molecular flexibility index (Phi) is 6.81. The maximum atomic E-state index is 11.9. The summed E-state index contributed by atoms with van der Waals surface area (Å²) in [5, 5.41) is 11.4. The average Bonchev–Trinajstić information content (AvgIpc) is 2.65. The molecule has 0 unspecified atom stereocenters. The average molecular weight is 352 g/mol. The van der Waals surface area contributed by atoms with E-state index in [2.05, 4.69) is 5.32 Å². The zero-order chi connectivity index (χ0) is 18.1. The lowest BCUT2D eigenvalue weighted by Crippen LogP contribution is -2.20. The molecule has 0 atom stereocenters. The molecule has 2 aromatic rings. The smallest absolute Gasteiger partial charge is 0.331 e. The van der Waals surface area contributed by atoms with Crippen LogP contribution in [-0.4, -0.2) is 24.7 Å². The summed E-state index contributed by atoms with van der Waals surface area (Å²) in [4.78, 5) is 24.5. The molecule has 0 bridgehead atoms. The van der Waals surface area contributed by atoms with Crippen LogP contribution in [0, 0.1) is 11.3 Å². The second-order valence-corrected chi connectivity index (χ2v) is 5.77. The Morgan fingerprint density at radius 1 is 1.20 bits per heavy atom. The van der Waals surface area contributed by atoms with E-state index in [1.54, 1.807) is 36.4 Å². The summed E-state index contributed by atoms with van der Waals surface area (Å²) < 4.78 is 4.92. The first-order valence-corrected chi connectivity index (χ1v) is 8.62. The van der Waals surface area contributed by atoms with Gasteiger partial charge in [-0.25, -0.2) is 4.79 Å². The van der Waals surface area contributed by atoms with Crippen LogP contribution < -0.4 is 5.32 Å². The summed E-state index contributed by atoms with van der Waals surface area (Å²) in [7, 11) is 0. The van der Waals surface area contributed by atoms with E-state index in [1.807, 2.05) is 30.5 Å². The Balaban J connectivity index is 1.83. The van der Waals surface area contributed by atoms with Crippen molar-refractivity contribution < 1.29 is 14.3 Å². The van der Waals surface area contributed by atoms with Gasteiger partial charge in [0, 0.05) is 11.0 Å². The van der Waals surface area contributed by atoms with Crippen molar-refractivity contribution in [3.8, 4) is 6.07 Å². The number of thioether (sulfide) groups is 1. The Bertz CT molecular complexity index is 823. The molecule has 0 saturated heterocycles. The fraction of sp³-hybridized carbons (Fsp3) is 0.105. The van der Waals surface area contributed by atoms with Crippen LogP contribution >= 0.6 is 11.8 Å². The molecule has 0 aromatic heterocycles. The summed E-state index contributed by atoms with van der Waals surface area (Å²) in [6.45, 7) is -0.362. The van der Waals surface area contributed by atoms with Crippen LogP contribution in [-0.2, 0) is 14.3 Å². The number of hydrogen-bond donors (Lipinski definition) is 1. The maximum Gasteiger partial charge on any atom is 0.331 e. The number of carbonyl (C=O) groups excluding carboxylic acids is 2. The standard InChI is InChI=1S/C19H16N2O3S/c1-25-17-5-3-2-4-16(17)21-18(22)13-24-19(23)11-10-14-6-8-15(12-20)9-7-14/h2-11H,13H2,1H3,(H,21,22)/b11-10+. The van der Waals surface area contributed by atoms with E-state index in [1.165, 1.54) is 17.8 Å². The number of anilines is 1. The van der Waals surface area contributed by atoms with Gasteiger partial charge in [0.05, 0.1) is 17.3 Å². The van der Waals surface area contributed by atoms with Crippen LogP contribution in [0.2, 0.25) is 0 Å². The van der Waals surface area contributed by atoms with E-state index >= 15 is 0 Å². The second-order valence-electron chi connectivity index (χ2n) is 4.92. The number of esters is 1. The van der Waals surface area contributed by atoms with Crippen molar-refractivity contribution in [1.82, 2.24) is 0 Å². The Hall–Kier alpha value is -3.04. The van der Waals surface area contributed by atoms with Crippen molar-refractivity contribution >= 4 is 35.4 Å². The third-order valence-corrected chi connectivity index (χ3v) is 3.97. The molecule has 6 heteroatoms. The van der Waals surface area contributed by atoms with Crippen molar-refractivity contribution in [3.05, 3.63) is 65.7 Å². The number of amides is 1. The molecule has 0 radical (unpaired) electrons. The highest BCUT2D eigenvalue weighted by molar-refractivity contribution is 7.98. The summed E-state index contributed by atoms with van der Waals surface area (Å²) in [5.41, 5.74) is 1.99. The van der Waals surface area contributed by atoms with Crippen molar-refractivity contribution in [2.24, 2.45) is 0 Å². The molecule has 0 heterocycles. The molecule has 0 aliphatic rings. The molecule has 126 valence electrons. The SMILES string of the molecule is CSc1ccccc1NC(=O)COC(=O)/C=C/c1ccc(C#N)cc1. The minimum absolute atomic E-state index is 0.362. The molecule has 2 aromatic carbocycles. The van der Waals surface area contributed by atoms with Gasteiger partial charge in [0.2, 0.25) is 0 Å². The molecule has 1 N–H and O–H groups in total. The quantitative estimate of drug-likeness (QED) is 0.489. The molecule has 0 saturated carbocycles. The third-order valence-electron chi connectivity index (χ3n) is 3.18. The fourth-order valence-corrected chi connectivity index (χ4v) is 2.51. The zero-order valence-corrected chi connectivity index (χ0v) is 14.4. The van der Waals surface area contributed by atoms with Crippen LogP contribution in [0.25, 0.3) is 6.08 Å². The van der Waals surface area contributed by atoms with Gasteiger partial charge in [-0.1, -0.05) is 24.3 Å². The van der Waals surface area contributed by atoms with E-state index in [9.17, 15) is 9.59 Å². The number of hydrogen-bond acceptors (Lipinski definition) is 5. The summed E-state index contributed by atoms with van der Waals surface area (Å²) in [6, 6.07) is 16.1. The van der Waals surface area contributed by atoms with Gasteiger partial charge in [-0.05, 0) is 42.2 Å². The Labute approximate surface area is 150 Å². The van der Waals surface area contributed by atoms with Crippen LogP contribution in [0.5, 0.6) is 0 Å². The number of nitriles is 1. The van der Waals surface area contributed by atoms with Gasteiger partial charge in [0.25, 0.3) is 5.91 Å². The highest BCUT2D eigenvalue weighted by Crippen LogP contribution is 2.24. The highest BCUT2D eigenvalue weighted by Gasteiger charge is 2.08. The topological polar surface area (TPSA) is 79.2 Å². The number of carbonyl (C=O) groups is 2. The minimum Gasteiger partial charge on any atom is -0.452 e. The van der Waals surface area contributed by atoms with Crippen LogP contribution in [0.1, 0.15) is 11.1 Å². The van der Waals surface area contributed by atoms with E-state index in [4.69, 9.17) is 10.00 Å². The van der Waals surface area contributed by atoms with Crippen molar-refractivity contribution in [2.75, 3.05) is 18.2 Å². The largest absolute Gasteiger partial charge is 0.452 e. The van der Waals surface area contributed by atoms with Crippen molar-refractivity contribution in [2.45, 2.75) is 4.90 Å². The van der Waals surface area contributed by atoms with Crippen LogP contribution in [0.4, 0.5) is 5.69 Å². The van der Waals surface area contributed by atoms with Gasteiger partial charge < -0.3 is 10.1 Å². The lowest BCUT2D eigenvalue weighted by molar-refractivity contribution is -0.142. The van der Waals surface area contributed by atoms with Gasteiger partial charge in [0.1, 0.15) is 0 Å². The van der Waals surface area contributed by atoms with E-state index in [0.717, 1.165) is 10.5 Å². The van der Waals surface area contributed by atoms with Crippen LogP contribution in [0.3, 0.4) is 0 Å². The lowest BCUT2D eigenvalue weighted by Gasteiger charge is -2.08. The highest BCUT2D eigenvalue weighted by atomic mass is 32.2. The molecular formula is C19H16N2O3S. The number of benzene rings is 2. The molecule has 25 heavy (non-hydrogen) atoms. The second kappa shape index (κ2) is 9.30. The fourth-order valence-electron chi connectivity index (χ4n) is 1.95. The minimum atomic E-state index is -0.613. The zero-order valence-electron chi connectivity index (χ0n) is 13.6. The van der Waals surface area contributed by atoms with E-state index in [0.29, 0.717) is 11.3 Å². The predicted molar refractivity (Wildman–Crippen MR) is 98.0 cm³/mol. The first kappa shape index (κ1) is 18.3. The number of ether oxygens (including phenoxy) is 1. The molecule has 0 spiro atoms. The first-order valence-electron chi connectivity index (χ1n) is 7.40. The summed E-state index contributed by atoms with van der Waals surface area (Å²) in [6.07, 6.45) is 4.72. The molecule has 0 fully saturated rings.